The van der Waals surface area contributed by atoms with Gasteiger partial charge in [-0.1, -0.05) is 6.07 Å². The minimum atomic E-state index is 0.372. The predicted molar refractivity (Wildman–Crippen MR) is 62.6 cm³/mol. The van der Waals surface area contributed by atoms with E-state index in [0.717, 1.165) is 35.6 Å². The molecule has 4 nitrogen and oxygen atoms in total. The van der Waals surface area contributed by atoms with Crippen molar-refractivity contribution in [2.24, 2.45) is 0 Å². The fourth-order valence-electron chi connectivity index (χ4n) is 2.27. The molecular formula is C12H15N3O. The number of imidazole rings is 1. The van der Waals surface area contributed by atoms with Crippen molar-refractivity contribution in [3.63, 3.8) is 0 Å². The number of nitrogens with one attached hydrogen (secondary N) is 2. The summed E-state index contributed by atoms with van der Waals surface area (Å²) in [6, 6.07) is 6.32. The molecule has 0 aliphatic carbocycles. The zero-order chi connectivity index (χ0) is 11.0. The van der Waals surface area contributed by atoms with Gasteiger partial charge in [-0.15, -0.1) is 0 Å². The Kier molecular flexibility index (Phi) is 2.29. The van der Waals surface area contributed by atoms with Crippen molar-refractivity contribution in [1.29, 1.82) is 0 Å². The van der Waals surface area contributed by atoms with E-state index in [1.54, 1.807) is 7.11 Å². The molecule has 1 saturated heterocycles. The van der Waals surface area contributed by atoms with E-state index >= 15 is 0 Å². The van der Waals surface area contributed by atoms with E-state index in [9.17, 15) is 0 Å². The minimum absolute atomic E-state index is 0.372. The molecule has 0 spiro atoms. The van der Waals surface area contributed by atoms with Gasteiger partial charge >= 0.3 is 0 Å². The number of H-pyrrole nitrogens is 1. The minimum Gasteiger partial charge on any atom is -0.494 e. The van der Waals surface area contributed by atoms with Gasteiger partial charge in [0.1, 0.15) is 17.1 Å². The Morgan fingerprint density at radius 2 is 2.38 bits per heavy atom. The molecule has 1 fully saturated rings. The van der Waals surface area contributed by atoms with Crippen molar-refractivity contribution in [2.75, 3.05) is 13.7 Å². The number of aromatic nitrogens is 2. The molecule has 1 aromatic heterocycles. The lowest BCUT2D eigenvalue weighted by atomic mass is 10.2. The van der Waals surface area contributed by atoms with Crippen LogP contribution in [0.25, 0.3) is 11.0 Å². The van der Waals surface area contributed by atoms with Gasteiger partial charge in [0.05, 0.1) is 18.7 Å². The average molecular weight is 217 g/mol. The number of methoxy groups -OCH3 is 1. The third-order valence-electron chi connectivity index (χ3n) is 3.10. The van der Waals surface area contributed by atoms with Crippen LogP contribution in [-0.2, 0) is 0 Å². The van der Waals surface area contributed by atoms with E-state index in [1.165, 1.54) is 6.42 Å². The van der Waals surface area contributed by atoms with E-state index in [0.29, 0.717) is 6.04 Å². The number of hydrogen-bond donors (Lipinski definition) is 2. The van der Waals surface area contributed by atoms with Crippen LogP contribution in [-0.4, -0.2) is 23.6 Å². The first kappa shape index (κ1) is 9.66. The number of benzene rings is 1. The normalized spacial score (nSPS) is 20.4. The van der Waals surface area contributed by atoms with Crippen molar-refractivity contribution in [3.8, 4) is 5.75 Å². The molecule has 16 heavy (non-hydrogen) atoms. The van der Waals surface area contributed by atoms with Crippen LogP contribution in [0.5, 0.6) is 5.75 Å². The lowest BCUT2D eigenvalue weighted by molar-refractivity contribution is 0.419. The summed E-state index contributed by atoms with van der Waals surface area (Å²) in [5.41, 5.74) is 1.97. The molecule has 1 aromatic carbocycles. The van der Waals surface area contributed by atoms with Gasteiger partial charge in [-0.2, -0.15) is 0 Å². The summed E-state index contributed by atoms with van der Waals surface area (Å²) < 4.78 is 5.30. The predicted octanol–water partition coefficient (Wildman–Crippen LogP) is 2.00. The maximum Gasteiger partial charge on any atom is 0.146 e. The topological polar surface area (TPSA) is 49.9 Å². The summed E-state index contributed by atoms with van der Waals surface area (Å²) in [5.74, 6) is 1.86. The van der Waals surface area contributed by atoms with Gasteiger partial charge in [0, 0.05) is 0 Å². The molecule has 2 aromatic rings. The van der Waals surface area contributed by atoms with Crippen molar-refractivity contribution < 1.29 is 4.74 Å². The molecule has 0 amide bonds. The van der Waals surface area contributed by atoms with Crippen molar-refractivity contribution in [2.45, 2.75) is 18.9 Å². The summed E-state index contributed by atoms with van der Waals surface area (Å²) in [7, 11) is 1.68. The first-order chi connectivity index (χ1) is 7.88. The molecule has 2 heterocycles. The summed E-state index contributed by atoms with van der Waals surface area (Å²) >= 11 is 0. The fourth-order valence-corrected chi connectivity index (χ4v) is 2.27. The van der Waals surface area contributed by atoms with Crippen LogP contribution < -0.4 is 10.1 Å². The maximum absolute atomic E-state index is 5.30. The second kappa shape index (κ2) is 3.79. The van der Waals surface area contributed by atoms with Gasteiger partial charge in [-0.25, -0.2) is 4.98 Å². The Bertz CT molecular complexity index is 500. The molecule has 1 atom stereocenters. The van der Waals surface area contributed by atoms with Crippen molar-refractivity contribution in [1.82, 2.24) is 15.3 Å². The van der Waals surface area contributed by atoms with Gasteiger partial charge in [0.2, 0.25) is 0 Å². The van der Waals surface area contributed by atoms with E-state index in [2.05, 4.69) is 15.3 Å². The van der Waals surface area contributed by atoms with Crippen LogP contribution in [0.4, 0.5) is 0 Å². The summed E-state index contributed by atoms with van der Waals surface area (Å²) in [4.78, 5) is 7.98. The Hall–Kier alpha value is -1.55. The molecule has 0 bridgehead atoms. The SMILES string of the molecule is COc1cccc2[nH]c(C3CCCN3)nc12. The van der Waals surface area contributed by atoms with Gasteiger partial charge in [0.25, 0.3) is 0 Å². The second-order valence-electron chi connectivity index (χ2n) is 4.13. The summed E-state index contributed by atoms with van der Waals surface area (Å²) in [6.45, 7) is 1.08. The van der Waals surface area contributed by atoms with Gasteiger partial charge in [-0.3, -0.25) is 0 Å². The van der Waals surface area contributed by atoms with E-state index < -0.39 is 0 Å². The quantitative estimate of drug-likeness (QED) is 0.808. The van der Waals surface area contributed by atoms with Gasteiger partial charge in [-0.05, 0) is 31.5 Å². The van der Waals surface area contributed by atoms with Crippen LogP contribution in [0, 0.1) is 0 Å². The smallest absolute Gasteiger partial charge is 0.146 e. The number of rotatable bonds is 2. The summed E-state index contributed by atoms with van der Waals surface area (Å²) in [6.07, 6.45) is 2.38. The molecular weight excluding hydrogens is 202 g/mol. The molecule has 84 valence electrons. The second-order valence-corrected chi connectivity index (χ2v) is 4.13. The van der Waals surface area contributed by atoms with E-state index in [1.807, 2.05) is 18.2 Å². The molecule has 0 radical (unpaired) electrons. The van der Waals surface area contributed by atoms with Crippen LogP contribution in [0.3, 0.4) is 0 Å². The van der Waals surface area contributed by atoms with Gasteiger partial charge in [0.15, 0.2) is 0 Å². The largest absolute Gasteiger partial charge is 0.494 e. The Morgan fingerprint density at radius 3 is 3.12 bits per heavy atom. The molecule has 1 aliphatic heterocycles. The maximum atomic E-state index is 5.30. The third-order valence-corrected chi connectivity index (χ3v) is 3.10. The van der Waals surface area contributed by atoms with Crippen LogP contribution in [0.1, 0.15) is 24.7 Å². The number of para-hydroxylation sites is 1. The summed E-state index contributed by atoms with van der Waals surface area (Å²) in [5, 5.41) is 3.44. The molecule has 1 unspecified atom stereocenters. The highest BCUT2D eigenvalue weighted by molar-refractivity contribution is 5.81. The average Bonchev–Trinajstić information content (AvgIpc) is 2.96. The molecule has 0 saturated carbocycles. The molecule has 1 aliphatic rings. The zero-order valence-electron chi connectivity index (χ0n) is 9.29. The van der Waals surface area contributed by atoms with Crippen LogP contribution >= 0.6 is 0 Å². The number of fused-ring (bicyclic) bond motifs is 1. The lowest BCUT2D eigenvalue weighted by Crippen LogP contribution is -2.14. The molecule has 3 rings (SSSR count). The number of ether oxygens (including phenoxy) is 1. The third kappa shape index (κ3) is 1.46. The van der Waals surface area contributed by atoms with E-state index in [4.69, 9.17) is 4.74 Å². The van der Waals surface area contributed by atoms with Crippen molar-refractivity contribution >= 4 is 11.0 Å². The molecule has 2 N–H and O–H groups in total. The fraction of sp³-hybridized carbons (Fsp3) is 0.417. The highest BCUT2D eigenvalue weighted by Gasteiger charge is 2.20. The van der Waals surface area contributed by atoms with Crippen molar-refractivity contribution in [3.05, 3.63) is 24.0 Å². The van der Waals surface area contributed by atoms with E-state index in [-0.39, 0.29) is 0 Å². The van der Waals surface area contributed by atoms with Crippen LogP contribution in [0.2, 0.25) is 0 Å². The zero-order valence-corrected chi connectivity index (χ0v) is 9.29. The monoisotopic (exact) mass is 217 g/mol. The Labute approximate surface area is 94.0 Å². The Balaban J connectivity index is 2.07. The molecule has 4 heteroatoms. The number of nitrogens with zero attached hydrogens (tertiary/aromatic N) is 1. The highest BCUT2D eigenvalue weighted by Crippen LogP contribution is 2.27. The Morgan fingerprint density at radius 1 is 1.44 bits per heavy atom. The first-order valence-electron chi connectivity index (χ1n) is 5.64. The number of hydrogen-bond acceptors (Lipinski definition) is 3. The lowest BCUT2D eigenvalue weighted by Gasteiger charge is -2.04. The standard InChI is InChI=1S/C12H15N3O/c1-16-10-6-2-4-8-11(10)15-12(14-8)9-5-3-7-13-9/h2,4,6,9,13H,3,5,7H2,1H3,(H,14,15). The highest BCUT2D eigenvalue weighted by atomic mass is 16.5. The van der Waals surface area contributed by atoms with Gasteiger partial charge < -0.3 is 15.0 Å². The first-order valence-corrected chi connectivity index (χ1v) is 5.64. The van der Waals surface area contributed by atoms with Crippen LogP contribution in [0.15, 0.2) is 18.2 Å². The number of aromatic amines is 1.